The van der Waals surface area contributed by atoms with E-state index in [1.807, 2.05) is 26.1 Å². The largest absolute Gasteiger partial charge is 0.478 e. The normalized spacial score (nSPS) is 16.1. The maximum absolute atomic E-state index is 11.4. The van der Waals surface area contributed by atoms with Gasteiger partial charge in [0.15, 0.2) is 0 Å². The number of benzene rings is 1. The summed E-state index contributed by atoms with van der Waals surface area (Å²) < 4.78 is 2.11. The van der Waals surface area contributed by atoms with Crippen molar-refractivity contribution >= 4 is 16.9 Å². The first-order valence-corrected chi connectivity index (χ1v) is 8.31. The van der Waals surface area contributed by atoms with E-state index in [1.165, 1.54) is 5.56 Å². The predicted molar refractivity (Wildman–Crippen MR) is 92.2 cm³/mol. The number of piperazine rings is 1. The van der Waals surface area contributed by atoms with Gasteiger partial charge in [-0.1, -0.05) is 0 Å². The molecule has 3 rings (SSSR count). The highest BCUT2D eigenvalue weighted by Gasteiger charge is 2.14. The quantitative estimate of drug-likeness (QED) is 0.886. The van der Waals surface area contributed by atoms with Gasteiger partial charge in [-0.15, -0.1) is 0 Å². The lowest BCUT2D eigenvalue weighted by Gasteiger charge is -2.26. The van der Waals surface area contributed by atoms with E-state index in [2.05, 4.69) is 21.0 Å². The van der Waals surface area contributed by atoms with Crippen LogP contribution >= 0.6 is 0 Å². The molecule has 0 saturated carbocycles. The van der Waals surface area contributed by atoms with Crippen LogP contribution in [0.4, 0.5) is 0 Å². The Morgan fingerprint density at radius 1 is 1.30 bits per heavy atom. The first-order chi connectivity index (χ1) is 11.1. The highest BCUT2D eigenvalue weighted by atomic mass is 16.4. The molecule has 1 aliphatic heterocycles. The molecule has 1 aromatic heterocycles. The highest BCUT2D eigenvalue weighted by Crippen LogP contribution is 2.25. The van der Waals surface area contributed by atoms with E-state index in [-0.39, 0.29) is 0 Å². The van der Waals surface area contributed by atoms with Gasteiger partial charge < -0.3 is 19.9 Å². The smallest absolute Gasteiger partial charge is 0.335 e. The standard InChI is InChI=1S/C18H25N3O2/c1-13-10-17-16(11-15(13)18(22)23)14(12-20(17)2)4-3-7-21-8-5-19-6-9-21/h10-12,19H,3-9H2,1-2H3,(H,22,23). The number of carboxylic acid groups (broad SMARTS) is 1. The molecule has 124 valence electrons. The van der Waals surface area contributed by atoms with Crippen molar-refractivity contribution in [1.29, 1.82) is 0 Å². The van der Waals surface area contributed by atoms with Crippen LogP contribution < -0.4 is 5.32 Å². The van der Waals surface area contributed by atoms with Gasteiger partial charge in [0.1, 0.15) is 0 Å². The van der Waals surface area contributed by atoms with Crippen molar-refractivity contribution < 1.29 is 9.90 Å². The Balaban J connectivity index is 1.77. The number of nitrogens with zero attached hydrogens (tertiary/aromatic N) is 2. The fraction of sp³-hybridized carbons (Fsp3) is 0.500. The van der Waals surface area contributed by atoms with Crippen LogP contribution in [0.2, 0.25) is 0 Å². The summed E-state index contributed by atoms with van der Waals surface area (Å²) >= 11 is 0. The van der Waals surface area contributed by atoms with Crippen molar-refractivity contribution in [2.45, 2.75) is 19.8 Å². The van der Waals surface area contributed by atoms with Crippen molar-refractivity contribution in [2.75, 3.05) is 32.7 Å². The molecule has 1 saturated heterocycles. The van der Waals surface area contributed by atoms with Gasteiger partial charge in [-0.05, 0) is 49.6 Å². The zero-order chi connectivity index (χ0) is 16.4. The van der Waals surface area contributed by atoms with E-state index in [9.17, 15) is 9.90 Å². The number of nitrogens with one attached hydrogen (secondary N) is 1. The van der Waals surface area contributed by atoms with E-state index in [0.717, 1.165) is 62.0 Å². The summed E-state index contributed by atoms with van der Waals surface area (Å²) in [5.74, 6) is -0.847. The fourth-order valence-corrected chi connectivity index (χ4v) is 3.47. The third kappa shape index (κ3) is 3.41. The monoisotopic (exact) mass is 315 g/mol. The molecule has 5 nitrogen and oxygen atoms in total. The third-order valence-electron chi connectivity index (χ3n) is 4.78. The molecule has 5 heteroatoms. The molecule has 0 bridgehead atoms. The lowest BCUT2D eigenvalue weighted by atomic mass is 10.0. The third-order valence-corrected chi connectivity index (χ3v) is 4.78. The van der Waals surface area contributed by atoms with Crippen LogP contribution in [0.15, 0.2) is 18.3 Å². The molecule has 1 aromatic carbocycles. The molecule has 1 aliphatic rings. The number of carboxylic acids is 1. The van der Waals surface area contributed by atoms with E-state index in [0.29, 0.717) is 5.56 Å². The second-order valence-corrected chi connectivity index (χ2v) is 6.45. The lowest BCUT2D eigenvalue weighted by molar-refractivity contribution is 0.0696. The second kappa shape index (κ2) is 6.72. The Kier molecular flexibility index (Phi) is 4.68. The van der Waals surface area contributed by atoms with Gasteiger partial charge in [-0.3, -0.25) is 0 Å². The SMILES string of the molecule is Cc1cc2c(cc1C(=O)O)c(CCCN1CCNCC1)cn2C. The van der Waals surface area contributed by atoms with E-state index < -0.39 is 5.97 Å². The Hall–Kier alpha value is -1.85. The maximum atomic E-state index is 11.4. The number of fused-ring (bicyclic) bond motifs is 1. The van der Waals surface area contributed by atoms with E-state index >= 15 is 0 Å². The maximum Gasteiger partial charge on any atom is 0.335 e. The molecule has 0 atom stereocenters. The van der Waals surface area contributed by atoms with E-state index in [4.69, 9.17) is 0 Å². The van der Waals surface area contributed by atoms with Gasteiger partial charge in [-0.25, -0.2) is 4.79 Å². The van der Waals surface area contributed by atoms with Crippen molar-refractivity contribution in [3.05, 3.63) is 35.0 Å². The lowest BCUT2D eigenvalue weighted by Crippen LogP contribution is -2.43. The molecule has 0 amide bonds. The van der Waals surface area contributed by atoms with Crippen molar-refractivity contribution in [3.8, 4) is 0 Å². The average Bonchev–Trinajstić information content (AvgIpc) is 2.83. The van der Waals surface area contributed by atoms with E-state index in [1.54, 1.807) is 0 Å². The summed E-state index contributed by atoms with van der Waals surface area (Å²) in [5, 5.41) is 13.8. The molecule has 23 heavy (non-hydrogen) atoms. The minimum atomic E-state index is -0.847. The molecule has 0 radical (unpaired) electrons. The number of hydrogen-bond acceptors (Lipinski definition) is 3. The van der Waals surface area contributed by atoms with Crippen LogP contribution in [0.5, 0.6) is 0 Å². The van der Waals surface area contributed by atoms with Gasteiger partial charge >= 0.3 is 5.97 Å². The zero-order valence-electron chi connectivity index (χ0n) is 13.9. The van der Waals surface area contributed by atoms with Crippen LogP contribution in [0.1, 0.15) is 27.9 Å². The Morgan fingerprint density at radius 2 is 2.04 bits per heavy atom. The summed E-state index contributed by atoms with van der Waals surface area (Å²) in [6.45, 7) is 7.37. The van der Waals surface area contributed by atoms with Crippen LogP contribution in [0.25, 0.3) is 10.9 Å². The van der Waals surface area contributed by atoms with Crippen LogP contribution in [0.3, 0.4) is 0 Å². The Morgan fingerprint density at radius 3 is 2.74 bits per heavy atom. The van der Waals surface area contributed by atoms with Crippen molar-refractivity contribution in [3.63, 3.8) is 0 Å². The second-order valence-electron chi connectivity index (χ2n) is 6.45. The summed E-state index contributed by atoms with van der Waals surface area (Å²) in [6.07, 6.45) is 4.24. The highest BCUT2D eigenvalue weighted by molar-refractivity contribution is 5.96. The van der Waals surface area contributed by atoms with Crippen LogP contribution in [-0.2, 0) is 13.5 Å². The van der Waals surface area contributed by atoms with Gasteiger partial charge in [0.25, 0.3) is 0 Å². The molecule has 0 spiro atoms. The van der Waals surface area contributed by atoms with Crippen LogP contribution in [-0.4, -0.2) is 53.3 Å². The number of aromatic carboxylic acids is 1. The zero-order valence-corrected chi connectivity index (χ0v) is 13.9. The summed E-state index contributed by atoms with van der Waals surface area (Å²) in [4.78, 5) is 13.9. The average molecular weight is 315 g/mol. The number of carbonyl (C=O) groups is 1. The molecule has 1 fully saturated rings. The van der Waals surface area contributed by atoms with Crippen LogP contribution in [0, 0.1) is 6.92 Å². The van der Waals surface area contributed by atoms with Crippen molar-refractivity contribution in [1.82, 2.24) is 14.8 Å². The van der Waals surface area contributed by atoms with Gasteiger partial charge in [-0.2, -0.15) is 0 Å². The molecular formula is C18H25N3O2. The number of hydrogen-bond donors (Lipinski definition) is 2. The number of rotatable bonds is 5. The minimum absolute atomic E-state index is 0.409. The molecular weight excluding hydrogens is 290 g/mol. The minimum Gasteiger partial charge on any atom is -0.478 e. The van der Waals surface area contributed by atoms with Gasteiger partial charge in [0, 0.05) is 50.3 Å². The summed E-state index contributed by atoms with van der Waals surface area (Å²) in [7, 11) is 2.03. The Bertz CT molecular complexity index is 715. The number of aryl methyl sites for hydroxylation is 3. The molecule has 2 heterocycles. The first-order valence-electron chi connectivity index (χ1n) is 8.31. The number of aromatic nitrogens is 1. The first kappa shape index (κ1) is 16.0. The molecule has 2 aromatic rings. The van der Waals surface area contributed by atoms with Gasteiger partial charge in [0.2, 0.25) is 0 Å². The molecule has 2 N–H and O–H groups in total. The topological polar surface area (TPSA) is 57.5 Å². The molecule has 0 unspecified atom stereocenters. The fourth-order valence-electron chi connectivity index (χ4n) is 3.47. The summed E-state index contributed by atoms with van der Waals surface area (Å²) in [5.41, 5.74) is 3.59. The summed E-state index contributed by atoms with van der Waals surface area (Å²) in [6, 6.07) is 3.83. The van der Waals surface area contributed by atoms with Crippen molar-refractivity contribution in [2.24, 2.45) is 7.05 Å². The van der Waals surface area contributed by atoms with Gasteiger partial charge in [0.05, 0.1) is 5.56 Å². The Labute approximate surface area is 136 Å². The molecule has 0 aliphatic carbocycles. The predicted octanol–water partition coefficient (Wildman–Crippen LogP) is 2.02.